The first-order valence-electron chi connectivity index (χ1n) is 8.63. The van der Waals surface area contributed by atoms with Crippen LogP contribution in [0.5, 0.6) is 5.75 Å². The summed E-state index contributed by atoms with van der Waals surface area (Å²) in [5.41, 5.74) is 7.86. The topological polar surface area (TPSA) is 24.5 Å². The van der Waals surface area contributed by atoms with Crippen molar-refractivity contribution in [1.29, 1.82) is 0 Å². The van der Waals surface area contributed by atoms with Gasteiger partial charge < -0.3 is 10.2 Å². The van der Waals surface area contributed by atoms with Crippen LogP contribution in [0.15, 0.2) is 84.9 Å². The smallest absolute Gasteiger partial charge is 0.197 e. The molecule has 0 radical (unpaired) electrons. The van der Waals surface area contributed by atoms with Crippen molar-refractivity contribution in [3.63, 3.8) is 0 Å². The number of nitrogens with zero attached hydrogens (tertiary/aromatic N) is 1. The molecule has 1 N–H and O–H groups in total. The van der Waals surface area contributed by atoms with E-state index in [-0.39, 0.29) is 12.3 Å². The van der Waals surface area contributed by atoms with E-state index < -0.39 is 0 Å². The van der Waals surface area contributed by atoms with E-state index in [2.05, 4.69) is 34.7 Å². The second kappa shape index (κ2) is 6.20. The van der Waals surface area contributed by atoms with Crippen LogP contribution in [0.2, 0.25) is 5.02 Å². The minimum absolute atomic E-state index is 0.0800. The second-order valence-corrected chi connectivity index (χ2v) is 6.85. The van der Waals surface area contributed by atoms with E-state index >= 15 is 0 Å². The third-order valence-corrected chi connectivity index (χ3v) is 5.20. The Labute approximate surface area is 157 Å². The molecule has 2 atom stereocenters. The Kier molecular flexibility index (Phi) is 3.70. The first-order chi connectivity index (χ1) is 12.8. The summed E-state index contributed by atoms with van der Waals surface area (Å²) in [6.45, 7) is 0. The third kappa shape index (κ3) is 2.48. The average Bonchev–Trinajstić information content (AvgIpc) is 3.14. The minimum atomic E-state index is -0.305. The fourth-order valence-electron chi connectivity index (χ4n) is 3.60. The van der Waals surface area contributed by atoms with Crippen LogP contribution < -0.4 is 10.2 Å². The third-order valence-electron chi connectivity index (χ3n) is 4.86. The molecular weight excluding hydrogens is 344 g/mol. The molecule has 5 rings (SSSR count). The van der Waals surface area contributed by atoms with Gasteiger partial charge in [0.1, 0.15) is 5.75 Å². The van der Waals surface area contributed by atoms with Gasteiger partial charge in [0, 0.05) is 16.1 Å². The molecule has 0 saturated carbocycles. The molecule has 3 aromatic carbocycles. The zero-order valence-corrected chi connectivity index (χ0v) is 14.7. The van der Waals surface area contributed by atoms with Crippen molar-refractivity contribution in [2.45, 2.75) is 12.3 Å². The molecule has 0 aromatic heterocycles. The summed E-state index contributed by atoms with van der Waals surface area (Å²) in [7, 11) is 0. The Balaban J connectivity index is 1.61. The molecular formula is C22H17ClN2O. The monoisotopic (exact) mass is 360 g/mol. The van der Waals surface area contributed by atoms with Crippen LogP contribution in [0.4, 0.5) is 0 Å². The van der Waals surface area contributed by atoms with E-state index in [9.17, 15) is 0 Å². The summed E-state index contributed by atoms with van der Waals surface area (Å²) in [5.74, 6) is 0.894. The number of para-hydroxylation sites is 1. The number of hydrazine groups is 1. The molecule has 2 aliphatic heterocycles. The lowest BCUT2D eigenvalue weighted by atomic mass is 10.0. The molecule has 0 spiro atoms. The van der Waals surface area contributed by atoms with E-state index in [0.717, 1.165) is 28.1 Å². The second-order valence-electron chi connectivity index (χ2n) is 6.44. The van der Waals surface area contributed by atoms with E-state index in [4.69, 9.17) is 16.3 Å². The SMILES string of the molecule is Clc1ccccc1[C@H]1Oc2ccccc2[C@H]2C=C(c3ccccc3)NN21. The molecule has 26 heavy (non-hydrogen) atoms. The summed E-state index contributed by atoms with van der Waals surface area (Å²) in [5, 5.41) is 2.83. The Morgan fingerprint density at radius 1 is 0.808 bits per heavy atom. The van der Waals surface area contributed by atoms with Crippen LogP contribution in [0.25, 0.3) is 5.70 Å². The zero-order valence-electron chi connectivity index (χ0n) is 14.0. The Morgan fingerprint density at radius 2 is 1.50 bits per heavy atom. The molecule has 0 amide bonds. The number of halogens is 1. The van der Waals surface area contributed by atoms with Gasteiger partial charge in [-0.3, -0.25) is 0 Å². The van der Waals surface area contributed by atoms with Gasteiger partial charge >= 0.3 is 0 Å². The van der Waals surface area contributed by atoms with Crippen LogP contribution in [0.3, 0.4) is 0 Å². The first kappa shape index (κ1) is 15.5. The maximum atomic E-state index is 6.48. The van der Waals surface area contributed by atoms with Gasteiger partial charge in [0.2, 0.25) is 0 Å². The van der Waals surface area contributed by atoms with Crippen LogP contribution in [-0.4, -0.2) is 5.01 Å². The number of hydrogen-bond donors (Lipinski definition) is 1. The van der Waals surface area contributed by atoms with Gasteiger partial charge in [-0.25, -0.2) is 0 Å². The number of hydrogen-bond acceptors (Lipinski definition) is 3. The number of benzene rings is 3. The minimum Gasteiger partial charge on any atom is -0.469 e. The number of fused-ring (bicyclic) bond motifs is 3. The number of nitrogens with one attached hydrogen (secondary N) is 1. The van der Waals surface area contributed by atoms with E-state index in [0.29, 0.717) is 5.02 Å². The maximum Gasteiger partial charge on any atom is 0.197 e. The summed E-state index contributed by atoms with van der Waals surface area (Å²) >= 11 is 6.48. The normalized spacial score (nSPS) is 21.2. The van der Waals surface area contributed by atoms with Crippen molar-refractivity contribution >= 4 is 17.3 Å². The average molecular weight is 361 g/mol. The fourth-order valence-corrected chi connectivity index (χ4v) is 3.83. The molecule has 0 unspecified atom stereocenters. The molecule has 4 heteroatoms. The van der Waals surface area contributed by atoms with Crippen molar-refractivity contribution < 1.29 is 4.74 Å². The van der Waals surface area contributed by atoms with E-state index in [1.165, 1.54) is 0 Å². The summed E-state index contributed by atoms with van der Waals surface area (Å²) in [4.78, 5) is 0. The van der Waals surface area contributed by atoms with Gasteiger partial charge in [0.25, 0.3) is 0 Å². The number of ether oxygens (including phenoxy) is 1. The highest BCUT2D eigenvalue weighted by molar-refractivity contribution is 6.31. The molecule has 3 nitrogen and oxygen atoms in total. The van der Waals surface area contributed by atoms with Gasteiger partial charge in [-0.2, -0.15) is 5.01 Å². The Morgan fingerprint density at radius 3 is 2.31 bits per heavy atom. The largest absolute Gasteiger partial charge is 0.469 e. The van der Waals surface area contributed by atoms with Gasteiger partial charge in [-0.1, -0.05) is 78.3 Å². The fraction of sp³-hybridized carbons (Fsp3) is 0.0909. The Hall–Kier alpha value is -2.75. The first-order valence-corrected chi connectivity index (χ1v) is 9.01. The summed E-state index contributed by atoms with van der Waals surface area (Å²) in [6, 6.07) is 26.4. The molecule has 2 heterocycles. The Bertz CT molecular complexity index is 986. The predicted octanol–water partition coefficient (Wildman–Crippen LogP) is 5.33. The highest BCUT2D eigenvalue weighted by atomic mass is 35.5. The molecule has 2 aliphatic rings. The van der Waals surface area contributed by atoms with Gasteiger partial charge in [-0.05, 0) is 23.8 Å². The molecule has 0 bridgehead atoms. The van der Waals surface area contributed by atoms with Crippen LogP contribution in [-0.2, 0) is 0 Å². The molecule has 128 valence electrons. The molecule has 3 aromatic rings. The van der Waals surface area contributed by atoms with Crippen molar-refractivity contribution in [3.05, 3.63) is 107 Å². The van der Waals surface area contributed by atoms with E-state index in [1.807, 2.05) is 60.7 Å². The molecule has 0 fully saturated rings. The number of rotatable bonds is 2. The van der Waals surface area contributed by atoms with E-state index in [1.54, 1.807) is 0 Å². The zero-order chi connectivity index (χ0) is 17.5. The lowest BCUT2D eigenvalue weighted by molar-refractivity contribution is -0.0325. The van der Waals surface area contributed by atoms with Crippen molar-refractivity contribution in [2.75, 3.05) is 0 Å². The van der Waals surface area contributed by atoms with Crippen LogP contribution in [0.1, 0.15) is 29.0 Å². The predicted molar refractivity (Wildman–Crippen MR) is 103 cm³/mol. The van der Waals surface area contributed by atoms with Crippen molar-refractivity contribution in [2.24, 2.45) is 0 Å². The van der Waals surface area contributed by atoms with Crippen LogP contribution >= 0.6 is 11.6 Å². The molecule has 0 aliphatic carbocycles. The van der Waals surface area contributed by atoms with Crippen molar-refractivity contribution in [3.8, 4) is 5.75 Å². The quantitative estimate of drug-likeness (QED) is 0.668. The maximum absolute atomic E-state index is 6.48. The van der Waals surface area contributed by atoms with Gasteiger partial charge in [0.05, 0.1) is 11.7 Å². The van der Waals surface area contributed by atoms with Crippen molar-refractivity contribution in [1.82, 2.24) is 10.4 Å². The lowest BCUT2D eigenvalue weighted by Crippen LogP contribution is -2.43. The summed E-state index contributed by atoms with van der Waals surface area (Å²) in [6.07, 6.45) is 1.95. The summed E-state index contributed by atoms with van der Waals surface area (Å²) < 4.78 is 6.34. The lowest BCUT2D eigenvalue weighted by Gasteiger charge is -2.39. The standard InChI is InChI=1S/C22H17ClN2O/c23-18-12-6-4-10-16(18)22-25-20(17-11-5-7-13-21(17)26-22)14-19(24-25)15-8-2-1-3-9-15/h1-14,20,22,24H/t20-,22-/m1/s1. The van der Waals surface area contributed by atoms with Gasteiger partial charge in [-0.15, -0.1) is 0 Å². The van der Waals surface area contributed by atoms with Gasteiger partial charge in [0.15, 0.2) is 6.23 Å². The van der Waals surface area contributed by atoms with Crippen LogP contribution in [0, 0.1) is 0 Å². The molecule has 0 saturated heterocycles. The highest BCUT2D eigenvalue weighted by Gasteiger charge is 2.40. The highest BCUT2D eigenvalue weighted by Crippen LogP contribution is 2.46.